The molecule has 0 aromatic carbocycles. The second-order valence-electron chi connectivity index (χ2n) is 5.06. The lowest BCUT2D eigenvalue weighted by molar-refractivity contribution is 0.110. The van der Waals surface area contributed by atoms with Gasteiger partial charge in [-0.3, -0.25) is 0 Å². The zero-order chi connectivity index (χ0) is 11.4. The molecule has 0 aliphatic heterocycles. The number of alkyl carbamates (subject to hydrolysis) is 1. The van der Waals surface area contributed by atoms with E-state index in [-0.39, 0.29) is 6.09 Å². The molecule has 0 spiro atoms. The van der Waals surface area contributed by atoms with Crippen LogP contribution in [0.5, 0.6) is 0 Å². The van der Waals surface area contributed by atoms with Crippen molar-refractivity contribution in [2.75, 3.05) is 13.2 Å². The van der Waals surface area contributed by atoms with Crippen LogP contribution in [0, 0.1) is 11.8 Å². The third kappa shape index (κ3) is 2.88. The first-order valence-electron chi connectivity index (χ1n) is 6.43. The van der Waals surface area contributed by atoms with Crippen LogP contribution in [0.4, 0.5) is 4.79 Å². The van der Waals surface area contributed by atoms with Gasteiger partial charge < -0.3 is 15.8 Å². The molecule has 2 aliphatic carbocycles. The Hall–Kier alpha value is -0.770. The number of nitrogens with two attached hydrogens (primary N) is 1. The molecule has 0 heterocycles. The molecule has 2 unspecified atom stereocenters. The van der Waals surface area contributed by atoms with E-state index in [0.29, 0.717) is 24.5 Å². The Morgan fingerprint density at radius 1 is 1.19 bits per heavy atom. The molecule has 2 aliphatic rings. The second-order valence-corrected chi connectivity index (χ2v) is 5.06. The summed E-state index contributed by atoms with van der Waals surface area (Å²) in [6.07, 6.45) is 6.75. The van der Waals surface area contributed by atoms with Gasteiger partial charge in [0.2, 0.25) is 0 Å². The van der Waals surface area contributed by atoms with E-state index in [1.807, 2.05) is 0 Å². The van der Waals surface area contributed by atoms with Gasteiger partial charge in [0.05, 0.1) is 6.61 Å². The summed E-state index contributed by atoms with van der Waals surface area (Å²) < 4.78 is 5.26. The number of amides is 1. The van der Waals surface area contributed by atoms with Crippen LogP contribution in [0.15, 0.2) is 0 Å². The van der Waals surface area contributed by atoms with Crippen molar-refractivity contribution in [1.29, 1.82) is 0 Å². The van der Waals surface area contributed by atoms with Crippen molar-refractivity contribution in [2.24, 2.45) is 17.6 Å². The van der Waals surface area contributed by atoms with E-state index in [1.54, 1.807) is 0 Å². The number of carbonyl (C=O) groups excluding carboxylic acids is 1. The van der Waals surface area contributed by atoms with E-state index in [0.717, 1.165) is 25.8 Å². The normalized spacial score (nSPS) is 29.8. The quantitative estimate of drug-likeness (QED) is 0.766. The highest BCUT2D eigenvalue weighted by Gasteiger charge is 2.27. The maximum atomic E-state index is 11.4. The Labute approximate surface area is 96.9 Å². The molecule has 2 fully saturated rings. The summed E-state index contributed by atoms with van der Waals surface area (Å²) in [4.78, 5) is 11.4. The lowest BCUT2D eigenvalue weighted by Crippen LogP contribution is -2.40. The van der Waals surface area contributed by atoms with Gasteiger partial charge in [0, 0.05) is 6.04 Å². The average molecular weight is 226 g/mol. The van der Waals surface area contributed by atoms with Crippen molar-refractivity contribution in [1.82, 2.24) is 5.32 Å². The Bertz CT molecular complexity index is 241. The van der Waals surface area contributed by atoms with Crippen LogP contribution in [-0.2, 0) is 4.74 Å². The van der Waals surface area contributed by atoms with Gasteiger partial charge >= 0.3 is 6.09 Å². The van der Waals surface area contributed by atoms with Crippen molar-refractivity contribution < 1.29 is 9.53 Å². The summed E-state index contributed by atoms with van der Waals surface area (Å²) in [5.74, 6) is 1.04. The number of nitrogens with one attached hydrogen (secondary N) is 1. The molecule has 2 rings (SSSR count). The van der Waals surface area contributed by atoms with Crippen molar-refractivity contribution in [3.63, 3.8) is 0 Å². The highest BCUT2D eigenvalue weighted by atomic mass is 16.5. The molecule has 0 radical (unpaired) electrons. The minimum atomic E-state index is -0.243. The highest BCUT2D eigenvalue weighted by Crippen LogP contribution is 2.31. The van der Waals surface area contributed by atoms with Crippen molar-refractivity contribution >= 4 is 6.09 Å². The molecular weight excluding hydrogens is 204 g/mol. The van der Waals surface area contributed by atoms with Gasteiger partial charge in [-0.1, -0.05) is 6.42 Å². The lowest BCUT2D eigenvalue weighted by atomic mass is 9.93. The average Bonchev–Trinajstić information content (AvgIpc) is 2.68. The summed E-state index contributed by atoms with van der Waals surface area (Å²) in [6, 6.07) is 0.362. The van der Waals surface area contributed by atoms with E-state index in [9.17, 15) is 4.79 Å². The Kier molecular flexibility index (Phi) is 4.04. The summed E-state index contributed by atoms with van der Waals surface area (Å²) >= 11 is 0. The third-order valence-electron chi connectivity index (χ3n) is 3.97. The minimum absolute atomic E-state index is 0.243. The summed E-state index contributed by atoms with van der Waals surface area (Å²) in [5, 5.41) is 2.88. The molecule has 0 aromatic rings. The summed E-state index contributed by atoms with van der Waals surface area (Å²) in [7, 11) is 0. The Morgan fingerprint density at radius 3 is 2.50 bits per heavy atom. The van der Waals surface area contributed by atoms with Gasteiger partial charge in [0.25, 0.3) is 0 Å². The molecule has 4 nitrogen and oxygen atoms in total. The fraction of sp³-hybridized carbons (Fsp3) is 0.917. The first-order valence-corrected chi connectivity index (χ1v) is 6.43. The van der Waals surface area contributed by atoms with Gasteiger partial charge in [-0.15, -0.1) is 0 Å². The standard InChI is InChI=1S/C12H22N2O2/c13-7-9-3-1-4-10(9)8-16-12(15)14-11-5-2-6-11/h9-11H,1-8,13H2,(H,14,15). The van der Waals surface area contributed by atoms with Gasteiger partial charge in [0.15, 0.2) is 0 Å². The van der Waals surface area contributed by atoms with Crippen LogP contribution in [-0.4, -0.2) is 25.3 Å². The number of rotatable bonds is 4. The Morgan fingerprint density at radius 2 is 1.88 bits per heavy atom. The number of hydrogen-bond acceptors (Lipinski definition) is 3. The molecule has 4 heteroatoms. The number of ether oxygens (including phenoxy) is 1. The molecule has 3 N–H and O–H groups in total. The van der Waals surface area contributed by atoms with Crippen molar-refractivity contribution in [2.45, 2.75) is 44.6 Å². The zero-order valence-corrected chi connectivity index (χ0v) is 9.78. The van der Waals surface area contributed by atoms with E-state index in [4.69, 9.17) is 10.5 Å². The van der Waals surface area contributed by atoms with Crippen LogP contribution < -0.4 is 11.1 Å². The Balaban J connectivity index is 1.63. The largest absolute Gasteiger partial charge is 0.449 e. The molecule has 2 saturated carbocycles. The van der Waals surface area contributed by atoms with Crippen LogP contribution >= 0.6 is 0 Å². The molecular formula is C12H22N2O2. The van der Waals surface area contributed by atoms with Crippen molar-refractivity contribution in [3.8, 4) is 0 Å². The zero-order valence-electron chi connectivity index (χ0n) is 9.78. The van der Waals surface area contributed by atoms with Gasteiger partial charge in [-0.25, -0.2) is 4.79 Å². The molecule has 1 amide bonds. The molecule has 2 atom stereocenters. The SMILES string of the molecule is NCC1CCCC1COC(=O)NC1CCC1. The monoisotopic (exact) mass is 226 g/mol. The van der Waals surface area contributed by atoms with E-state index >= 15 is 0 Å². The van der Waals surface area contributed by atoms with E-state index in [2.05, 4.69) is 5.32 Å². The fourth-order valence-electron chi connectivity index (χ4n) is 2.59. The lowest BCUT2D eigenvalue weighted by Gasteiger charge is -2.26. The first-order chi connectivity index (χ1) is 7.79. The van der Waals surface area contributed by atoms with E-state index in [1.165, 1.54) is 19.3 Å². The maximum absolute atomic E-state index is 11.4. The van der Waals surface area contributed by atoms with Crippen LogP contribution in [0.2, 0.25) is 0 Å². The predicted molar refractivity (Wildman–Crippen MR) is 62.0 cm³/mol. The second kappa shape index (κ2) is 5.53. The minimum Gasteiger partial charge on any atom is -0.449 e. The molecule has 92 valence electrons. The maximum Gasteiger partial charge on any atom is 0.407 e. The smallest absolute Gasteiger partial charge is 0.407 e. The van der Waals surface area contributed by atoms with Gasteiger partial charge in [-0.05, 0) is 50.5 Å². The highest BCUT2D eigenvalue weighted by molar-refractivity contribution is 5.67. The van der Waals surface area contributed by atoms with Gasteiger partial charge in [-0.2, -0.15) is 0 Å². The van der Waals surface area contributed by atoms with Crippen LogP contribution in [0.25, 0.3) is 0 Å². The molecule has 0 bridgehead atoms. The summed E-state index contributed by atoms with van der Waals surface area (Å²) in [5.41, 5.74) is 5.69. The predicted octanol–water partition coefficient (Wildman–Crippen LogP) is 1.64. The number of carbonyl (C=O) groups is 1. The summed E-state index contributed by atoms with van der Waals surface area (Å²) in [6.45, 7) is 1.26. The van der Waals surface area contributed by atoms with Crippen molar-refractivity contribution in [3.05, 3.63) is 0 Å². The van der Waals surface area contributed by atoms with Gasteiger partial charge in [0.1, 0.15) is 0 Å². The molecule has 16 heavy (non-hydrogen) atoms. The number of hydrogen-bond donors (Lipinski definition) is 2. The topological polar surface area (TPSA) is 64.3 Å². The first kappa shape index (κ1) is 11.7. The molecule has 0 saturated heterocycles. The third-order valence-corrected chi connectivity index (χ3v) is 3.97. The van der Waals surface area contributed by atoms with Crippen LogP contribution in [0.1, 0.15) is 38.5 Å². The fourth-order valence-corrected chi connectivity index (χ4v) is 2.59. The molecule has 0 aromatic heterocycles. The van der Waals surface area contributed by atoms with Crippen LogP contribution in [0.3, 0.4) is 0 Å². The van der Waals surface area contributed by atoms with E-state index < -0.39 is 0 Å².